The zero-order valence-electron chi connectivity index (χ0n) is 16.4. The molecular formula is C20H26N2O4S2. The number of hydrogen-bond acceptors (Lipinski definition) is 4. The van der Waals surface area contributed by atoms with Gasteiger partial charge in [0.05, 0.1) is 22.0 Å². The summed E-state index contributed by atoms with van der Waals surface area (Å²) < 4.78 is 54.5. The largest absolute Gasteiger partial charge is 0.270 e. The van der Waals surface area contributed by atoms with Gasteiger partial charge in [0.2, 0.25) is 10.0 Å². The van der Waals surface area contributed by atoms with Gasteiger partial charge in [-0.15, -0.1) is 0 Å². The van der Waals surface area contributed by atoms with E-state index in [-0.39, 0.29) is 10.6 Å². The maximum absolute atomic E-state index is 13.4. The van der Waals surface area contributed by atoms with Crippen LogP contribution in [0.4, 0.5) is 11.4 Å². The van der Waals surface area contributed by atoms with Crippen LogP contribution < -0.4 is 8.61 Å². The number of para-hydroxylation sites is 1. The Morgan fingerprint density at radius 2 is 1.64 bits per heavy atom. The summed E-state index contributed by atoms with van der Waals surface area (Å²) in [5.41, 5.74) is 2.23. The number of benzene rings is 2. The van der Waals surface area contributed by atoms with Crippen molar-refractivity contribution >= 4 is 31.4 Å². The first-order valence-corrected chi connectivity index (χ1v) is 12.4. The van der Waals surface area contributed by atoms with E-state index in [4.69, 9.17) is 0 Å². The van der Waals surface area contributed by atoms with Crippen molar-refractivity contribution in [2.75, 3.05) is 27.5 Å². The van der Waals surface area contributed by atoms with Gasteiger partial charge in [0, 0.05) is 13.1 Å². The molecule has 28 heavy (non-hydrogen) atoms. The van der Waals surface area contributed by atoms with Gasteiger partial charge in [-0.25, -0.2) is 16.8 Å². The quantitative estimate of drug-likeness (QED) is 0.740. The van der Waals surface area contributed by atoms with Gasteiger partial charge < -0.3 is 0 Å². The van der Waals surface area contributed by atoms with Crippen LogP contribution in [0.5, 0.6) is 0 Å². The molecule has 0 aliphatic carbocycles. The summed E-state index contributed by atoms with van der Waals surface area (Å²) in [5.74, 6) is 0.128. The minimum Gasteiger partial charge on any atom is -0.270 e. The van der Waals surface area contributed by atoms with Crippen LogP contribution in [0, 0.1) is 13.8 Å². The maximum atomic E-state index is 13.4. The third-order valence-corrected chi connectivity index (χ3v) is 9.04. The lowest BCUT2D eigenvalue weighted by Crippen LogP contribution is -2.38. The Kier molecular flexibility index (Phi) is 5.72. The Bertz CT molecular complexity index is 1040. The van der Waals surface area contributed by atoms with E-state index in [0.29, 0.717) is 42.0 Å². The van der Waals surface area contributed by atoms with E-state index in [0.717, 1.165) is 6.42 Å². The van der Waals surface area contributed by atoms with Crippen LogP contribution in [0.1, 0.15) is 30.9 Å². The van der Waals surface area contributed by atoms with Crippen LogP contribution in [-0.4, -0.2) is 35.7 Å². The molecule has 1 aliphatic rings. The summed E-state index contributed by atoms with van der Waals surface area (Å²) in [7, 11) is -7.13. The van der Waals surface area contributed by atoms with E-state index in [1.165, 1.54) is 8.61 Å². The Labute approximate surface area is 167 Å². The van der Waals surface area contributed by atoms with Gasteiger partial charge in [-0.3, -0.25) is 8.61 Å². The normalized spacial score (nSPS) is 16.8. The van der Waals surface area contributed by atoms with Gasteiger partial charge in [-0.05, 0) is 69.0 Å². The number of anilines is 2. The summed E-state index contributed by atoms with van der Waals surface area (Å²) in [6, 6.07) is 12.3. The van der Waals surface area contributed by atoms with E-state index < -0.39 is 20.0 Å². The lowest BCUT2D eigenvalue weighted by atomic mass is 10.1. The van der Waals surface area contributed by atoms with E-state index in [1.54, 1.807) is 57.2 Å². The molecule has 8 heteroatoms. The lowest BCUT2D eigenvalue weighted by molar-refractivity contribution is 0.574. The first kappa shape index (κ1) is 20.7. The number of rotatable bonds is 5. The van der Waals surface area contributed by atoms with Gasteiger partial charge in [0.15, 0.2) is 0 Å². The summed E-state index contributed by atoms with van der Waals surface area (Å²) in [6.45, 7) is 5.97. The van der Waals surface area contributed by atoms with E-state index in [1.807, 2.05) is 6.07 Å². The Morgan fingerprint density at radius 1 is 1.04 bits per heavy atom. The van der Waals surface area contributed by atoms with Crippen LogP contribution in [0.25, 0.3) is 0 Å². The molecule has 1 heterocycles. The average Bonchev–Trinajstić information content (AvgIpc) is 2.61. The Balaban J connectivity index is 2.08. The van der Waals surface area contributed by atoms with Gasteiger partial charge in [-0.1, -0.05) is 18.2 Å². The van der Waals surface area contributed by atoms with Gasteiger partial charge >= 0.3 is 0 Å². The summed E-state index contributed by atoms with van der Waals surface area (Å²) >= 11 is 0. The van der Waals surface area contributed by atoms with E-state index >= 15 is 0 Å². The first-order valence-electron chi connectivity index (χ1n) is 9.38. The highest BCUT2D eigenvalue weighted by Gasteiger charge is 2.30. The molecule has 0 radical (unpaired) electrons. The predicted molar refractivity (Wildman–Crippen MR) is 113 cm³/mol. The summed E-state index contributed by atoms with van der Waals surface area (Å²) in [6.07, 6.45) is 1.46. The summed E-state index contributed by atoms with van der Waals surface area (Å²) in [4.78, 5) is 0.233. The molecule has 0 spiro atoms. The van der Waals surface area contributed by atoms with Crippen molar-refractivity contribution in [3.63, 3.8) is 0 Å². The van der Waals surface area contributed by atoms with Crippen LogP contribution in [0.3, 0.4) is 0 Å². The zero-order valence-corrected chi connectivity index (χ0v) is 18.1. The zero-order chi connectivity index (χ0) is 20.5. The summed E-state index contributed by atoms with van der Waals surface area (Å²) in [5, 5.41) is 0. The molecule has 2 aromatic rings. The molecule has 0 unspecified atom stereocenters. The second kappa shape index (κ2) is 7.75. The third kappa shape index (κ3) is 3.75. The second-order valence-corrected chi connectivity index (χ2v) is 10.8. The minimum atomic E-state index is -3.78. The molecule has 0 amide bonds. The minimum absolute atomic E-state index is 0.128. The molecule has 2 aromatic carbocycles. The van der Waals surface area contributed by atoms with E-state index in [9.17, 15) is 16.8 Å². The first-order chi connectivity index (χ1) is 13.2. The molecule has 3 rings (SSSR count). The van der Waals surface area contributed by atoms with Gasteiger partial charge in [-0.2, -0.15) is 0 Å². The van der Waals surface area contributed by atoms with E-state index in [2.05, 4.69) is 0 Å². The SMILES string of the molecule is CCN(c1ccccc1)S(=O)(=O)c1c(C)cc(N2CCCCS2(=O)=O)cc1C. The van der Waals surface area contributed by atoms with Crippen LogP contribution >= 0.6 is 0 Å². The van der Waals surface area contributed by atoms with Crippen molar-refractivity contribution in [1.82, 2.24) is 0 Å². The average molecular weight is 423 g/mol. The van der Waals surface area contributed by atoms with Crippen LogP contribution in [0.2, 0.25) is 0 Å². The Hall–Kier alpha value is -2.06. The van der Waals surface area contributed by atoms with Crippen molar-refractivity contribution < 1.29 is 16.8 Å². The molecule has 0 N–H and O–H groups in total. The van der Waals surface area contributed by atoms with Crippen LogP contribution in [-0.2, 0) is 20.0 Å². The fraction of sp³-hybridized carbons (Fsp3) is 0.400. The molecule has 1 aliphatic heterocycles. The molecule has 0 bridgehead atoms. The fourth-order valence-corrected chi connectivity index (χ4v) is 7.27. The van der Waals surface area contributed by atoms with Gasteiger partial charge in [0.25, 0.3) is 10.0 Å². The third-order valence-electron chi connectivity index (χ3n) is 4.96. The standard InChI is InChI=1S/C20H26N2O4S2/c1-4-21(18-10-6-5-7-11-18)28(25,26)20-16(2)14-19(15-17(20)3)22-12-8-9-13-27(22,23)24/h5-7,10-11,14-15H,4,8-9,12-13H2,1-3H3. The molecule has 1 fully saturated rings. The highest BCUT2D eigenvalue weighted by atomic mass is 32.2. The number of nitrogens with zero attached hydrogens (tertiary/aromatic N) is 2. The van der Waals surface area contributed by atoms with Crippen molar-refractivity contribution in [2.45, 2.75) is 38.5 Å². The molecule has 0 saturated carbocycles. The second-order valence-electron chi connectivity index (χ2n) is 7.01. The molecule has 0 aromatic heterocycles. The van der Waals surface area contributed by atoms with Crippen molar-refractivity contribution in [3.05, 3.63) is 53.6 Å². The molecule has 6 nitrogen and oxygen atoms in total. The van der Waals surface area contributed by atoms with Crippen molar-refractivity contribution in [3.8, 4) is 0 Å². The Morgan fingerprint density at radius 3 is 2.18 bits per heavy atom. The highest BCUT2D eigenvalue weighted by molar-refractivity contribution is 7.93. The van der Waals surface area contributed by atoms with Crippen LogP contribution in [0.15, 0.2) is 47.4 Å². The highest BCUT2D eigenvalue weighted by Crippen LogP contribution is 2.33. The monoisotopic (exact) mass is 422 g/mol. The van der Waals surface area contributed by atoms with Crippen molar-refractivity contribution in [1.29, 1.82) is 0 Å². The number of hydrogen-bond donors (Lipinski definition) is 0. The molecule has 0 atom stereocenters. The topological polar surface area (TPSA) is 74.8 Å². The number of sulfonamides is 2. The fourth-order valence-electron chi connectivity index (χ4n) is 3.75. The van der Waals surface area contributed by atoms with Gasteiger partial charge in [0.1, 0.15) is 0 Å². The number of aryl methyl sites for hydroxylation is 2. The van der Waals surface area contributed by atoms with Crippen molar-refractivity contribution in [2.24, 2.45) is 0 Å². The lowest BCUT2D eigenvalue weighted by Gasteiger charge is -2.30. The molecule has 1 saturated heterocycles. The maximum Gasteiger partial charge on any atom is 0.264 e. The molecular weight excluding hydrogens is 396 g/mol. The predicted octanol–water partition coefficient (Wildman–Crippen LogP) is 3.45. The molecule has 152 valence electrons. The smallest absolute Gasteiger partial charge is 0.264 e.